The van der Waals surface area contributed by atoms with Gasteiger partial charge >= 0.3 is 5.97 Å². The number of carbonyl (C=O) groups is 2. The van der Waals surface area contributed by atoms with E-state index in [0.717, 1.165) is 4.68 Å². The summed E-state index contributed by atoms with van der Waals surface area (Å²) in [6.45, 7) is -0.567. The number of fused-ring (bicyclic) bond motifs is 1. The first-order valence-corrected chi connectivity index (χ1v) is 8.16. The third-order valence-electron chi connectivity index (χ3n) is 3.80. The molecule has 0 aliphatic rings. The molecular weight excluding hydrogens is 374 g/mol. The van der Waals surface area contributed by atoms with Crippen LogP contribution >= 0.6 is 11.6 Å². The van der Waals surface area contributed by atoms with Crippen molar-refractivity contribution in [2.24, 2.45) is 0 Å². The van der Waals surface area contributed by atoms with Gasteiger partial charge in [-0.15, -0.1) is 0 Å². The first-order chi connectivity index (χ1) is 12.9. The summed E-state index contributed by atoms with van der Waals surface area (Å²) in [5.74, 6) is -1.47. The van der Waals surface area contributed by atoms with Crippen molar-refractivity contribution in [1.82, 2.24) is 15.1 Å². The smallest absolute Gasteiger partial charge is 0.322 e. The number of amides is 1. The molecule has 0 fully saturated rings. The molecule has 0 unspecified atom stereocenters. The van der Waals surface area contributed by atoms with Crippen LogP contribution < -0.4 is 15.6 Å². The molecule has 1 aromatic heterocycles. The molecule has 0 bridgehead atoms. The molecule has 0 aliphatic heterocycles. The van der Waals surface area contributed by atoms with Gasteiger partial charge in [0.15, 0.2) is 5.69 Å². The molecule has 1 amide bonds. The predicted octanol–water partition coefficient (Wildman–Crippen LogP) is 1.86. The highest BCUT2D eigenvalue weighted by Crippen LogP contribution is 2.26. The molecule has 0 saturated carbocycles. The standard InChI is InChI=1S/C18H14ClN3O5/c1-27-14-7-6-10(8-13(14)19)22-18(26)12-5-3-2-4-11(12)16(21-22)17(25)20-9-15(23)24/h2-8H,9H2,1H3,(H,20,25)(H,23,24). The van der Waals surface area contributed by atoms with Gasteiger partial charge in [0.1, 0.15) is 12.3 Å². The third kappa shape index (κ3) is 3.61. The van der Waals surface area contributed by atoms with Gasteiger partial charge in [-0.25, -0.2) is 0 Å². The van der Waals surface area contributed by atoms with Crippen molar-refractivity contribution < 1.29 is 19.4 Å². The largest absolute Gasteiger partial charge is 0.495 e. The van der Waals surface area contributed by atoms with E-state index in [1.54, 1.807) is 36.4 Å². The molecule has 0 saturated heterocycles. The van der Waals surface area contributed by atoms with Crippen LogP contribution in [0.5, 0.6) is 5.75 Å². The Morgan fingerprint density at radius 1 is 1.22 bits per heavy atom. The zero-order valence-electron chi connectivity index (χ0n) is 14.1. The summed E-state index contributed by atoms with van der Waals surface area (Å²) in [5, 5.41) is 16.0. The highest BCUT2D eigenvalue weighted by atomic mass is 35.5. The first-order valence-electron chi connectivity index (χ1n) is 7.78. The third-order valence-corrected chi connectivity index (χ3v) is 4.10. The van der Waals surface area contributed by atoms with Crippen molar-refractivity contribution in [3.05, 3.63) is 63.5 Å². The number of methoxy groups -OCH3 is 1. The van der Waals surface area contributed by atoms with E-state index >= 15 is 0 Å². The minimum atomic E-state index is -1.19. The second kappa shape index (κ2) is 7.46. The van der Waals surface area contributed by atoms with E-state index in [4.69, 9.17) is 21.4 Å². The Morgan fingerprint density at radius 2 is 1.93 bits per heavy atom. The molecule has 138 valence electrons. The number of aromatic nitrogens is 2. The lowest BCUT2D eigenvalue weighted by molar-refractivity contribution is -0.135. The summed E-state index contributed by atoms with van der Waals surface area (Å²) in [5.41, 5.74) is -0.177. The van der Waals surface area contributed by atoms with Crippen molar-refractivity contribution in [1.29, 1.82) is 0 Å². The number of carboxylic acids is 1. The second-order valence-electron chi connectivity index (χ2n) is 5.51. The predicted molar refractivity (Wildman–Crippen MR) is 98.9 cm³/mol. The summed E-state index contributed by atoms with van der Waals surface area (Å²) in [6, 6.07) is 11.1. The summed E-state index contributed by atoms with van der Waals surface area (Å²) in [4.78, 5) is 36.0. The molecule has 2 aromatic carbocycles. The number of halogens is 1. The molecule has 8 nitrogen and oxygen atoms in total. The van der Waals surface area contributed by atoms with Crippen molar-refractivity contribution in [3.8, 4) is 11.4 Å². The van der Waals surface area contributed by atoms with Crippen LogP contribution in [-0.4, -0.2) is 40.4 Å². The van der Waals surface area contributed by atoms with Crippen molar-refractivity contribution >= 4 is 34.2 Å². The van der Waals surface area contributed by atoms with Crippen LogP contribution in [-0.2, 0) is 4.79 Å². The Bertz CT molecular complexity index is 1110. The second-order valence-corrected chi connectivity index (χ2v) is 5.91. The number of hydrogen-bond donors (Lipinski definition) is 2. The van der Waals surface area contributed by atoms with Crippen LogP contribution in [0.3, 0.4) is 0 Å². The van der Waals surface area contributed by atoms with E-state index in [1.165, 1.54) is 13.2 Å². The minimum absolute atomic E-state index is 0.0709. The van der Waals surface area contributed by atoms with Crippen molar-refractivity contribution in [2.75, 3.05) is 13.7 Å². The maximum Gasteiger partial charge on any atom is 0.322 e. The van der Waals surface area contributed by atoms with E-state index in [0.29, 0.717) is 16.8 Å². The van der Waals surface area contributed by atoms with Crippen LogP contribution in [0, 0.1) is 0 Å². The number of aliphatic carboxylic acids is 1. The lowest BCUT2D eigenvalue weighted by atomic mass is 10.1. The number of carboxylic acid groups (broad SMARTS) is 1. The Hall–Kier alpha value is -3.39. The number of nitrogens with one attached hydrogen (secondary N) is 1. The zero-order chi connectivity index (χ0) is 19.6. The van der Waals surface area contributed by atoms with Gasteiger partial charge in [-0.1, -0.05) is 29.8 Å². The normalized spacial score (nSPS) is 10.6. The van der Waals surface area contributed by atoms with Crippen LogP contribution in [0.4, 0.5) is 0 Å². The summed E-state index contributed by atoms with van der Waals surface area (Å²) in [6.07, 6.45) is 0. The van der Waals surface area contributed by atoms with E-state index in [9.17, 15) is 14.4 Å². The van der Waals surface area contributed by atoms with Crippen LogP contribution in [0.2, 0.25) is 5.02 Å². The zero-order valence-corrected chi connectivity index (χ0v) is 14.9. The molecule has 0 aliphatic carbocycles. The molecule has 0 spiro atoms. The molecule has 0 atom stereocenters. The van der Waals surface area contributed by atoms with Gasteiger partial charge in [0, 0.05) is 5.39 Å². The van der Waals surface area contributed by atoms with Gasteiger partial charge in [0.2, 0.25) is 0 Å². The quantitative estimate of drug-likeness (QED) is 0.691. The molecule has 9 heteroatoms. The highest BCUT2D eigenvalue weighted by molar-refractivity contribution is 6.32. The fraction of sp³-hybridized carbons (Fsp3) is 0.111. The van der Waals surface area contributed by atoms with Gasteiger partial charge in [0.05, 0.1) is 23.2 Å². The monoisotopic (exact) mass is 387 g/mol. The first kappa shape index (κ1) is 18.4. The van der Waals surface area contributed by atoms with Crippen LogP contribution in [0.15, 0.2) is 47.3 Å². The average Bonchev–Trinajstić information content (AvgIpc) is 2.66. The maximum absolute atomic E-state index is 12.8. The maximum atomic E-state index is 12.8. The van der Waals surface area contributed by atoms with Crippen molar-refractivity contribution in [2.45, 2.75) is 0 Å². The summed E-state index contributed by atoms with van der Waals surface area (Å²) < 4.78 is 6.14. The van der Waals surface area contributed by atoms with E-state index in [2.05, 4.69) is 10.4 Å². The number of benzene rings is 2. The Balaban J connectivity index is 2.21. The van der Waals surface area contributed by atoms with Gasteiger partial charge in [-0.3, -0.25) is 14.4 Å². The number of rotatable bonds is 5. The minimum Gasteiger partial charge on any atom is -0.495 e. The Morgan fingerprint density at radius 3 is 2.56 bits per heavy atom. The number of carbonyl (C=O) groups excluding carboxylic acids is 1. The fourth-order valence-electron chi connectivity index (χ4n) is 2.56. The van der Waals surface area contributed by atoms with Crippen molar-refractivity contribution in [3.63, 3.8) is 0 Å². The number of nitrogens with zero attached hydrogens (tertiary/aromatic N) is 2. The SMILES string of the molecule is COc1ccc(-n2nc(C(=O)NCC(=O)O)c3ccccc3c2=O)cc1Cl. The summed E-state index contributed by atoms with van der Waals surface area (Å²) >= 11 is 6.12. The highest BCUT2D eigenvalue weighted by Gasteiger charge is 2.18. The van der Waals surface area contributed by atoms with Gasteiger partial charge < -0.3 is 15.2 Å². The Kier molecular flexibility index (Phi) is 5.09. The van der Waals surface area contributed by atoms with Gasteiger partial charge in [-0.2, -0.15) is 9.78 Å². The number of hydrogen-bond acceptors (Lipinski definition) is 5. The Labute approximate surface area is 157 Å². The van der Waals surface area contributed by atoms with Crippen LogP contribution in [0.25, 0.3) is 16.5 Å². The lowest BCUT2D eigenvalue weighted by Gasteiger charge is -2.12. The topological polar surface area (TPSA) is 111 Å². The fourth-order valence-corrected chi connectivity index (χ4v) is 2.81. The summed E-state index contributed by atoms with van der Waals surface area (Å²) in [7, 11) is 1.46. The number of ether oxygens (including phenoxy) is 1. The lowest BCUT2D eigenvalue weighted by Crippen LogP contribution is -2.33. The van der Waals surface area contributed by atoms with Gasteiger partial charge in [0.25, 0.3) is 11.5 Å². The molecule has 27 heavy (non-hydrogen) atoms. The molecule has 3 aromatic rings. The molecular formula is C18H14ClN3O5. The van der Waals surface area contributed by atoms with E-state index in [1.807, 2.05) is 0 Å². The van der Waals surface area contributed by atoms with E-state index < -0.39 is 24.0 Å². The van der Waals surface area contributed by atoms with E-state index in [-0.39, 0.29) is 16.1 Å². The van der Waals surface area contributed by atoms with Crippen LogP contribution in [0.1, 0.15) is 10.5 Å². The molecule has 2 N–H and O–H groups in total. The molecule has 1 heterocycles. The average molecular weight is 388 g/mol. The molecule has 0 radical (unpaired) electrons. The van der Waals surface area contributed by atoms with Gasteiger partial charge in [-0.05, 0) is 24.3 Å². The molecule has 3 rings (SSSR count).